The van der Waals surface area contributed by atoms with E-state index in [2.05, 4.69) is 41.5 Å². The fourth-order valence-corrected chi connectivity index (χ4v) is 5.45. The molecule has 0 unspecified atom stereocenters. The number of fused-ring (bicyclic) bond motifs is 1. The first-order chi connectivity index (χ1) is 22.2. The molecule has 46 heavy (non-hydrogen) atoms. The van der Waals surface area contributed by atoms with Crippen molar-refractivity contribution < 1.29 is 27.8 Å². The number of alkyl halides is 3. The second-order valence-electron chi connectivity index (χ2n) is 10.9. The van der Waals surface area contributed by atoms with Crippen molar-refractivity contribution in [2.75, 3.05) is 53.0 Å². The van der Waals surface area contributed by atoms with Crippen molar-refractivity contribution in [3.8, 4) is 5.75 Å². The third-order valence-corrected chi connectivity index (χ3v) is 7.84. The number of aromatic nitrogens is 2. The molecular weight excluding hydrogens is 601 g/mol. The summed E-state index contributed by atoms with van der Waals surface area (Å²) in [5.74, 6) is 1.38. The van der Waals surface area contributed by atoms with Gasteiger partial charge < -0.3 is 41.3 Å². The summed E-state index contributed by atoms with van der Waals surface area (Å²) in [4.78, 5) is 24.4. The summed E-state index contributed by atoms with van der Waals surface area (Å²) < 4.78 is 45.8. The van der Waals surface area contributed by atoms with E-state index in [9.17, 15) is 23.1 Å². The van der Waals surface area contributed by atoms with Crippen LogP contribution in [0.5, 0.6) is 5.75 Å². The standard InChI is InChI=1S/C32H33F3N8O3/c1-46-26-16-22(43-13-11-23(44)12-14-43)9-10-25(26)40-31-41-28-27(37-18-38-28)29(42-31)39-21-7-4-6-19(15-21)30(45)36-17-20-5-2-3-8-24(20)32(33,34)35/h2-10,15-16,23,37,44H,11-14,17-18H2,1H3,(H,36,45)(H3,38,39,40,41,42). The van der Waals surface area contributed by atoms with Crippen molar-refractivity contribution in [1.82, 2.24) is 15.3 Å². The van der Waals surface area contributed by atoms with E-state index in [1.54, 1.807) is 31.4 Å². The molecule has 1 amide bonds. The lowest BCUT2D eigenvalue weighted by atomic mass is 10.1. The number of anilines is 7. The number of amides is 1. The van der Waals surface area contributed by atoms with Gasteiger partial charge in [-0.1, -0.05) is 24.3 Å². The van der Waals surface area contributed by atoms with Crippen molar-refractivity contribution in [2.45, 2.75) is 31.7 Å². The summed E-state index contributed by atoms with van der Waals surface area (Å²) in [6.07, 6.45) is -3.36. The van der Waals surface area contributed by atoms with Crippen LogP contribution in [0, 0.1) is 0 Å². The lowest BCUT2D eigenvalue weighted by Crippen LogP contribution is -2.35. The third-order valence-electron chi connectivity index (χ3n) is 7.84. The number of aliphatic hydroxyl groups excluding tert-OH is 1. The van der Waals surface area contributed by atoms with Crippen LogP contribution >= 0.6 is 0 Å². The molecule has 1 saturated heterocycles. The van der Waals surface area contributed by atoms with Crippen molar-refractivity contribution in [3.05, 3.63) is 83.4 Å². The van der Waals surface area contributed by atoms with Gasteiger partial charge in [-0.3, -0.25) is 4.79 Å². The van der Waals surface area contributed by atoms with Crippen LogP contribution in [0.2, 0.25) is 0 Å². The first-order valence-corrected chi connectivity index (χ1v) is 14.8. The summed E-state index contributed by atoms with van der Waals surface area (Å²) in [5, 5.41) is 25.3. The number of hydrogen-bond donors (Lipinski definition) is 6. The molecule has 14 heteroatoms. The number of methoxy groups -OCH3 is 1. The summed E-state index contributed by atoms with van der Waals surface area (Å²) in [6, 6.07) is 17.5. The summed E-state index contributed by atoms with van der Waals surface area (Å²) >= 11 is 0. The number of nitrogens with one attached hydrogen (secondary N) is 5. The van der Waals surface area contributed by atoms with E-state index >= 15 is 0 Å². The third kappa shape index (κ3) is 6.86. The maximum absolute atomic E-state index is 13.4. The lowest BCUT2D eigenvalue weighted by Gasteiger charge is -2.31. The van der Waals surface area contributed by atoms with Gasteiger partial charge in [0.25, 0.3) is 5.91 Å². The highest BCUT2D eigenvalue weighted by molar-refractivity contribution is 5.95. The molecule has 4 aromatic rings. The number of rotatable bonds is 9. The fourth-order valence-electron chi connectivity index (χ4n) is 5.45. The summed E-state index contributed by atoms with van der Waals surface area (Å²) in [6.45, 7) is 1.68. The van der Waals surface area contributed by atoms with Gasteiger partial charge in [0.1, 0.15) is 11.4 Å². The molecule has 6 N–H and O–H groups in total. The van der Waals surface area contributed by atoms with E-state index in [0.29, 0.717) is 59.9 Å². The van der Waals surface area contributed by atoms with Crippen LogP contribution in [0.25, 0.3) is 0 Å². The van der Waals surface area contributed by atoms with E-state index in [0.717, 1.165) is 24.8 Å². The Bertz CT molecular complexity index is 1730. The summed E-state index contributed by atoms with van der Waals surface area (Å²) in [7, 11) is 1.59. The first-order valence-electron chi connectivity index (χ1n) is 14.8. The van der Waals surface area contributed by atoms with Gasteiger partial charge in [-0.05, 0) is 54.8 Å². The van der Waals surface area contributed by atoms with Gasteiger partial charge in [-0.25, -0.2) is 0 Å². The molecule has 0 radical (unpaired) electrons. The second-order valence-corrected chi connectivity index (χ2v) is 10.9. The molecule has 1 fully saturated rings. The molecule has 6 rings (SSSR count). The Morgan fingerprint density at radius 1 is 1.02 bits per heavy atom. The molecule has 0 aliphatic carbocycles. The molecule has 240 valence electrons. The molecule has 3 heterocycles. The van der Waals surface area contributed by atoms with Gasteiger partial charge in [-0.2, -0.15) is 23.1 Å². The maximum atomic E-state index is 13.4. The van der Waals surface area contributed by atoms with E-state index in [1.165, 1.54) is 18.2 Å². The minimum atomic E-state index is -4.52. The van der Waals surface area contributed by atoms with Crippen LogP contribution < -0.4 is 36.2 Å². The average Bonchev–Trinajstić information content (AvgIpc) is 3.53. The Hall–Kier alpha value is -5.24. The van der Waals surface area contributed by atoms with Gasteiger partial charge in [0, 0.05) is 42.6 Å². The lowest BCUT2D eigenvalue weighted by molar-refractivity contribution is -0.138. The van der Waals surface area contributed by atoms with Crippen molar-refractivity contribution in [1.29, 1.82) is 0 Å². The highest BCUT2D eigenvalue weighted by Gasteiger charge is 2.33. The molecule has 1 aromatic heterocycles. The molecule has 0 bridgehead atoms. The van der Waals surface area contributed by atoms with Crippen molar-refractivity contribution in [3.63, 3.8) is 0 Å². The predicted molar refractivity (Wildman–Crippen MR) is 170 cm³/mol. The minimum absolute atomic E-state index is 0.0228. The SMILES string of the molecule is COc1cc(N2CCC(O)CC2)ccc1Nc1nc2c(c(Nc3cccc(C(=O)NCc4ccccc4C(F)(F)F)c3)n1)NCN2. The molecule has 11 nitrogen and oxygen atoms in total. The zero-order valence-corrected chi connectivity index (χ0v) is 24.9. The van der Waals surface area contributed by atoms with Crippen molar-refractivity contribution >= 4 is 46.2 Å². The minimum Gasteiger partial charge on any atom is -0.494 e. The van der Waals surface area contributed by atoms with Gasteiger partial charge in [0.05, 0.1) is 31.1 Å². The number of hydrogen-bond acceptors (Lipinski definition) is 10. The zero-order valence-electron chi connectivity index (χ0n) is 24.9. The molecule has 3 aromatic carbocycles. The number of benzene rings is 3. The number of carbonyl (C=O) groups is 1. The molecule has 0 atom stereocenters. The van der Waals surface area contributed by atoms with Crippen LogP contribution in [0.4, 0.5) is 53.5 Å². The fraction of sp³-hybridized carbons (Fsp3) is 0.281. The number of halogens is 3. The quantitative estimate of drug-likeness (QED) is 0.137. The summed E-state index contributed by atoms with van der Waals surface area (Å²) in [5.41, 5.74) is 2.28. The van der Waals surface area contributed by atoms with E-state index < -0.39 is 17.6 Å². The second kappa shape index (κ2) is 13.0. The highest BCUT2D eigenvalue weighted by Crippen LogP contribution is 2.37. The Kier molecular flexibility index (Phi) is 8.70. The number of aliphatic hydroxyl groups is 1. The van der Waals surface area contributed by atoms with Crippen LogP contribution in [0.1, 0.15) is 34.3 Å². The predicted octanol–water partition coefficient (Wildman–Crippen LogP) is 5.68. The average molecular weight is 635 g/mol. The van der Waals surface area contributed by atoms with Gasteiger partial charge in [-0.15, -0.1) is 0 Å². The Labute approximate surface area is 263 Å². The molecule has 0 saturated carbocycles. The molecule has 2 aliphatic heterocycles. The van der Waals surface area contributed by atoms with Gasteiger partial charge in [0.15, 0.2) is 11.6 Å². The number of carbonyl (C=O) groups excluding carboxylic acids is 1. The van der Waals surface area contributed by atoms with Crippen LogP contribution in [0.15, 0.2) is 66.7 Å². The topological polar surface area (TPSA) is 136 Å². The molecule has 0 spiro atoms. The number of nitrogens with zero attached hydrogens (tertiary/aromatic N) is 3. The zero-order chi connectivity index (χ0) is 32.3. The smallest absolute Gasteiger partial charge is 0.416 e. The monoisotopic (exact) mass is 634 g/mol. The van der Waals surface area contributed by atoms with Crippen LogP contribution in [-0.2, 0) is 12.7 Å². The first kappa shape index (κ1) is 30.8. The highest BCUT2D eigenvalue weighted by atomic mass is 19.4. The van der Waals surface area contributed by atoms with Crippen LogP contribution in [-0.4, -0.2) is 54.0 Å². The van der Waals surface area contributed by atoms with Gasteiger partial charge in [0.2, 0.25) is 5.95 Å². The number of ether oxygens (including phenoxy) is 1. The number of piperidine rings is 1. The van der Waals surface area contributed by atoms with E-state index in [4.69, 9.17) is 4.74 Å². The Morgan fingerprint density at radius 2 is 1.83 bits per heavy atom. The van der Waals surface area contributed by atoms with Gasteiger partial charge >= 0.3 is 6.18 Å². The largest absolute Gasteiger partial charge is 0.494 e. The molecular formula is C32H33F3N8O3. The van der Waals surface area contributed by atoms with Crippen molar-refractivity contribution in [2.24, 2.45) is 0 Å². The maximum Gasteiger partial charge on any atom is 0.416 e. The van der Waals surface area contributed by atoms with Crippen LogP contribution in [0.3, 0.4) is 0 Å². The Morgan fingerprint density at radius 3 is 2.61 bits per heavy atom. The van der Waals surface area contributed by atoms with E-state index in [-0.39, 0.29) is 23.8 Å². The molecule has 2 aliphatic rings. The van der Waals surface area contributed by atoms with E-state index in [1.807, 2.05) is 18.2 Å². The normalized spacial score (nSPS) is 14.6. The Balaban J connectivity index is 1.18.